The molecule has 0 saturated heterocycles. The molecule has 1 aromatic rings. The van der Waals surface area contributed by atoms with Gasteiger partial charge in [0.1, 0.15) is 0 Å². The molecule has 0 amide bonds. The van der Waals surface area contributed by atoms with E-state index in [1.54, 1.807) is 6.20 Å². The molecule has 0 saturated carbocycles. The van der Waals surface area contributed by atoms with Gasteiger partial charge >= 0.3 is 0 Å². The summed E-state index contributed by atoms with van der Waals surface area (Å²) in [5.41, 5.74) is 3.07. The third-order valence-corrected chi connectivity index (χ3v) is 1.75. The number of fused-ring (bicyclic) bond motifs is 1. The second-order valence-corrected chi connectivity index (χ2v) is 2.30. The Bertz CT molecular complexity index is 260. The van der Waals surface area contributed by atoms with Crippen molar-refractivity contribution in [3.05, 3.63) is 23.5 Å². The summed E-state index contributed by atoms with van der Waals surface area (Å²) in [5.74, 6) is 0. The Kier molecular flexibility index (Phi) is 1.11. The maximum atomic E-state index is 8.79. The normalized spacial score (nSPS) is 13.3. The first-order valence-corrected chi connectivity index (χ1v) is 3.23. The maximum absolute atomic E-state index is 8.79. The molecule has 0 radical (unpaired) electrons. The van der Waals surface area contributed by atoms with E-state index < -0.39 is 0 Å². The molecule has 3 heteroatoms. The summed E-state index contributed by atoms with van der Waals surface area (Å²) >= 11 is 0. The molecule has 52 valence electrons. The quantitative estimate of drug-likeness (QED) is 0.591. The number of rotatable bonds is 1. The minimum Gasteiger partial charge on any atom is -0.390 e. The molecule has 0 aliphatic carbocycles. The Balaban J connectivity index is 2.51. The number of hydrogen-bond acceptors (Lipinski definition) is 3. The molecule has 10 heavy (non-hydrogen) atoms. The summed E-state index contributed by atoms with van der Waals surface area (Å²) in [6, 6.07) is 1.91. The lowest BCUT2D eigenvalue weighted by Crippen LogP contribution is -2.17. The van der Waals surface area contributed by atoms with Crippen LogP contribution in [-0.2, 0) is 13.2 Å². The first kappa shape index (κ1) is 5.68. The van der Waals surface area contributed by atoms with E-state index in [-0.39, 0.29) is 6.61 Å². The fourth-order valence-electron chi connectivity index (χ4n) is 1.11. The zero-order chi connectivity index (χ0) is 6.97. The largest absolute Gasteiger partial charge is 0.390 e. The van der Waals surface area contributed by atoms with E-state index in [4.69, 9.17) is 5.11 Å². The third-order valence-electron chi connectivity index (χ3n) is 1.75. The number of aromatic nitrogens is 1. The Morgan fingerprint density at radius 1 is 1.70 bits per heavy atom. The summed E-state index contributed by atoms with van der Waals surface area (Å²) in [4.78, 5) is 4.02. The molecule has 0 atom stereocenters. The zero-order valence-electron chi connectivity index (χ0n) is 5.46. The molecule has 1 aliphatic heterocycles. The van der Waals surface area contributed by atoms with Gasteiger partial charge in [-0.3, -0.25) is 4.98 Å². The SMILES string of the molecule is OCc1nccc2c1CN2. The molecule has 1 aliphatic rings. The van der Waals surface area contributed by atoms with Gasteiger partial charge in [-0.2, -0.15) is 0 Å². The van der Waals surface area contributed by atoms with Crippen LogP contribution in [-0.4, -0.2) is 10.1 Å². The predicted molar refractivity (Wildman–Crippen MR) is 37.5 cm³/mol. The lowest BCUT2D eigenvalue weighted by atomic mass is 10.1. The number of anilines is 1. The molecular weight excluding hydrogens is 128 g/mol. The van der Waals surface area contributed by atoms with Crippen molar-refractivity contribution in [2.24, 2.45) is 0 Å². The average molecular weight is 136 g/mol. The highest BCUT2D eigenvalue weighted by Crippen LogP contribution is 2.26. The third kappa shape index (κ3) is 0.609. The van der Waals surface area contributed by atoms with Crippen molar-refractivity contribution in [3.63, 3.8) is 0 Å². The molecule has 2 rings (SSSR count). The summed E-state index contributed by atoms with van der Waals surface area (Å²) in [7, 11) is 0. The van der Waals surface area contributed by atoms with Crippen molar-refractivity contribution in [1.82, 2.24) is 4.98 Å². The van der Waals surface area contributed by atoms with E-state index in [1.165, 1.54) is 0 Å². The summed E-state index contributed by atoms with van der Waals surface area (Å²) in [6.07, 6.45) is 1.70. The van der Waals surface area contributed by atoms with Crippen LogP contribution in [0.4, 0.5) is 5.69 Å². The Labute approximate surface area is 58.7 Å². The van der Waals surface area contributed by atoms with Gasteiger partial charge in [0.25, 0.3) is 0 Å². The van der Waals surface area contributed by atoms with Crippen molar-refractivity contribution >= 4 is 5.69 Å². The zero-order valence-corrected chi connectivity index (χ0v) is 5.46. The van der Waals surface area contributed by atoms with Gasteiger partial charge in [-0.25, -0.2) is 0 Å². The lowest BCUT2D eigenvalue weighted by Gasteiger charge is -2.22. The molecule has 0 bridgehead atoms. The minimum absolute atomic E-state index is 0.0465. The maximum Gasteiger partial charge on any atom is 0.0857 e. The van der Waals surface area contributed by atoms with Gasteiger partial charge in [0.05, 0.1) is 12.3 Å². The number of nitrogens with one attached hydrogen (secondary N) is 1. The minimum atomic E-state index is 0.0465. The predicted octanol–water partition coefficient (Wildman–Crippen LogP) is 0.499. The molecule has 3 nitrogen and oxygen atoms in total. The number of hydrogen-bond donors (Lipinski definition) is 2. The van der Waals surface area contributed by atoms with Crippen LogP contribution in [0.25, 0.3) is 0 Å². The summed E-state index contributed by atoms with van der Waals surface area (Å²) in [5, 5.41) is 11.9. The molecule has 0 spiro atoms. The fraction of sp³-hybridized carbons (Fsp3) is 0.286. The van der Waals surface area contributed by atoms with Crippen LogP contribution in [0.2, 0.25) is 0 Å². The fourth-order valence-corrected chi connectivity index (χ4v) is 1.11. The topological polar surface area (TPSA) is 45.2 Å². The van der Waals surface area contributed by atoms with Crippen molar-refractivity contribution in [1.29, 1.82) is 0 Å². The van der Waals surface area contributed by atoms with Crippen molar-refractivity contribution in [3.8, 4) is 0 Å². The van der Waals surface area contributed by atoms with Crippen LogP contribution < -0.4 is 5.32 Å². The summed E-state index contributed by atoms with van der Waals surface area (Å²) in [6.45, 7) is 0.893. The van der Waals surface area contributed by atoms with Gasteiger partial charge in [0.2, 0.25) is 0 Å². The highest BCUT2D eigenvalue weighted by atomic mass is 16.3. The molecule has 0 unspecified atom stereocenters. The van der Waals surface area contributed by atoms with Gasteiger partial charge in [-0.1, -0.05) is 0 Å². The van der Waals surface area contributed by atoms with E-state index >= 15 is 0 Å². The van der Waals surface area contributed by atoms with E-state index in [0.29, 0.717) is 0 Å². The highest BCUT2D eigenvalue weighted by Gasteiger charge is 2.15. The standard InChI is InChI=1S/C7H8N2O/c10-4-7-5-3-9-6(5)1-2-8-7/h1-2,9-10H,3-4H2. The van der Waals surface area contributed by atoms with Crippen molar-refractivity contribution < 1.29 is 5.11 Å². The summed E-state index contributed by atoms with van der Waals surface area (Å²) < 4.78 is 0. The van der Waals surface area contributed by atoms with Crippen LogP contribution >= 0.6 is 0 Å². The monoisotopic (exact) mass is 136 g/mol. The van der Waals surface area contributed by atoms with E-state index in [1.807, 2.05) is 6.07 Å². The van der Waals surface area contributed by atoms with Crippen LogP contribution in [0.3, 0.4) is 0 Å². The lowest BCUT2D eigenvalue weighted by molar-refractivity contribution is 0.275. The second-order valence-electron chi connectivity index (χ2n) is 2.30. The van der Waals surface area contributed by atoms with Crippen LogP contribution in [0.1, 0.15) is 11.3 Å². The Hall–Kier alpha value is -1.09. The first-order chi connectivity index (χ1) is 4.92. The second kappa shape index (κ2) is 1.95. The average Bonchev–Trinajstić information content (AvgIpc) is 1.91. The molecular formula is C7H8N2O. The number of nitrogens with zero attached hydrogens (tertiary/aromatic N) is 1. The Morgan fingerprint density at radius 2 is 2.60 bits per heavy atom. The molecule has 0 aromatic carbocycles. The molecule has 0 fully saturated rings. The van der Waals surface area contributed by atoms with E-state index in [0.717, 1.165) is 23.5 Å². The Morgan fingerprint density at radius 3 is 3.10 bits per heavy atom. The number of pyridine rings is 1. The number of aliphatic hydroxyl groups excluding tert-OH is 1. The van der Waals surface area contributed by atoms with Gasteiger partial charge < -0.3 is 10.4 Å². The van der Waals surface area contributed by atoms with Crippen LogP contribution in [0.15, 0.2) is 12.3 Å². The molecule has 2 heterocycles. The smallest absolute Gasteiger partial charge is 0.0857 e. The van der Waals surface area contributed by atoms with Crippen molar-refractivity contribution in [2.75, 3.05) is 5.32 Å². The number of aliphatic hydroxyl groups is 1. The first-order valence-electron chi connectivity index (χ1n) is 3.23. The van der Waals surface area contributed by atoms with Gasteiger partial charge in [-0.15, -0.1) is 0 Å². The van der Waals surface area contributed by atoms with E-state index in [9.17, 15) is 0 Å². The van der Waals surface area contributed by atoms with Gasteiger partial charge in [0, 0.05) is 24.0 Å². The van der Waals surface area contributed by atoms with Crippen LogP contribution in [0, 0.1) is 0 Å². The van der Waals surface area contributed by atoms with Crippen molar-refractivity contribution in [2.45, 2.75) is 13.2 Å². The van der Waals surface area contributed by atoms with Crippen LogP contribution in [0.5, 0.6) is 0 Å². The van der Waals surface area contributed by atoms with E-state index in [2.05, 4.69) is 10.3 Å². The van der Waals surface area contributed by atoms with Gasteiger partial charge in [-0.05, 0) is 6.07 Å². The molecule has 2 N–H and O–H groups in total. The molecule has 1 aromatic heterocycles. The highest BCUT2D eigenvalue weighted by molar-refractivity contribution is 5.60. The van der Waals surface area contributed by atoms with Gasteiger partial charge in [0.15, 0.2) is 0 Å².